The summed E-state index contributed by atoms with van der Waals surface area (Å²) in [5, 5.41) is 7.91. The highest BCUT2D eigenvalue weighted by atomic mass is 32.2. The second-order valence-electron chi connectivity index (χ2n) is 12.1. The predicted octanol–water partition coefficient (Wildman–Crippen LogP) is 0.719. The smallest absolute Gasteiger partial charge is 0.397 e. The molecule has 8 rings (SSSR count). The summed E-state index contributed by atoms with van der Waals surface area (Å²) in [4.78, 5) is 54.2. The molecule has 1 atom stereocenters. The van der Waals surface area contributed by atoms with Crippen molar-refractivity contribution in [2.24, 2.45) is 0 Å². The van der Waals surface area contributed by atoms with E-state index in [0.29, 0.717) is 30.3 Å². The Labute approximate surface area is 301 Å². The molecule has 2 aliphatic heterocycles. The third-order valence-electron chi connectivity index (χ3n) is 8.34. The summed E-state index contributed by atoms with van der Waals surface area (Å²) in [5.74, 6) is 0.648. The Morgan fingerprint density at radius 1 is 0.815 bits per heavy atom. The first-order chi connectivity index (χ1) is 25.6. The van der Waals surface area contributed by atoms with Crippen molar-refractivity contribution in [1.29, 1.82) is 0 Å². The molecule has 0 spiro atoms. The summed E-state index contributed by atoms with van der Waals surface area (Å²) in [6.45, 7) is 0.947. The van der Waals surface area contributed by atoms with Gasteiger partial charge in [0.25, 0.3) is 16.7 Å². The lowest BCUT2D eigenvalue weighted by atomic mass is 10.1. The van der Waals surface area contributed by atoms with Gasteiger partial charge in [0, 0.05) is 39.0 Å². The Kier molecular flexibility index (Phi) is 9.24. The molecule has 6 aromatic heterocycles. The molecule has 0 aromatic carbocycles. The van der Waals surface area contributed by atoms with E-state index >= 15 is 0 Å². The molecule has 2 aliphatic rings. The number of carbonyl (C=O) groups is 2. The van der Waals surface area contributed by atoms with Gasteiger partial charge in [-0.05, 0) is 37.1 Å². The van der Waals surface area contributed by atoms with E-state index in [0.717, 1.165) is 22.1 Å². The zero-order valence-corrected chi connectivity index (χ0v) is 29.0. The van der Waals surface area contributed by atoms with Crippen LogP contribution in [0.4, 0.5) is 31.0 Å². The molecule has 0 bridgehead atoms. The number of piperazine rings is 1. The van der Waals surface area contributed by atoms with Gasteiger partial charge >= 0.3 is 6.18 Å². The van der Waals surface area contributed by atoms with Gasteiger partial charge in [0.1, 0.15) is 12.5 Å². The Morgan fingerprint density at radius 3 is 1.91 bits per heavy atom. The number of anilines is 3. The van der Waals surface area contributed by atoms with Crippen molar-refractivity contribution < 1.29 is 40.0 Å². The molecule has 4 N–H and O–H groups in total. The molecular formula is C29H30F3N15O6S. The normalized spacial score (nSPS) is 16.6. The lowest BCUT2D eigenvalue weighted by molar-refractivity contribution is -0.163. The fraction of sp³-hybridized carbons (Fsp3) is 0.379. The molecule has 2 fully saturated rings. The maximum atomic E-state index is 13.3. The molecule has 0 unspecified atom stereocenters. The lowest BCUT2D eigenvalue weighted by Crippen LogP contribution is -2.55. The van der Waals surface area contributed by atoms with E-state index in [-0.39, 0.29) is 67.3 Å². The Bertz CT molecular complexity index is 2430. The van der Waals surface area contributed by atoms with E-state index < -0.39 is 39.5 Å². The highest BCUT2D eigenvalue weighted by molar-refractivity contribution is 7.90. The van der Waals surface area contributed by atoms with Gasteiger partial charge in [-0.1, -0.05) is 0 Å². The Balaban J connectivity index is 0.000000199. The SMILES string of the molecule is CS(=O)(=O)c1nc(N)n2nc(-c3ccco3)nc2n1.Nc1nc(N2CCC[C@H]2C(=O)N2CCN(C(=O)CC(F)(F)F)CC2)nc2nc(-c3ccco3)nn12. The summed E-state index contributed by atoms with van der Waals surface area (Å²) in [7, 11) is -3.57. The minimum atomic E-state index is -4.56. The van der Waals surface area contributed by atoms with E-state index in [2.05, 4.69) is 40.1 Å². The molecule has 2 amide bonds. The zero-order valence-electron chi connectivity index (χ0n) is 28.2. The van der Waals surface area contributed by atoms with Crippen LogP contribution in [0.3, 0.4) is 0 Å². The van der Waals surface area contributed by atoms with Crippen molar-refractivity contribution in [2.75, 3.05) is 55.3 Å². The molecule has 21 nitrogen and oxygen atoms in total. The third-order valence-corrected chi connectivity index (χ3v) is 9.19. The van der Waals surface area contributed by atoms with Crippen LogP contribution in [0.2, 0.25) is 0 Å². The molecule has 0 radical (unpaired) electrons. The molecule has 2 saturated heterocycles. The highest BCUT2D eigenvalue weighted by Gasteiger charge is 2.39. The number of hydrogen-bond donors (Lipinski definition) is 2. The van der Waals surface area contributed by atoms with Crippen LogP contribution in [-0.2, 0) is 19.4 Å². The van der Waals surface area contributed by atoms with Gasteiger partial charge < -0.3 is 35.0 Å². The molecule has 8 heterocycles. The summed E-state index contributed by atoms with van der Waals surface area (Å²) >= 11 is 0. The number of amides is 2. The lowest BCUT2D eigenvalue weighted by Gasteiger charge is -2.37. The van der Waals surface area contributed by atoms with Crippen molar-refractivity contribution in [1.82, 2.24) is 58.9 Å². The molecule has 0 saturated carbocycles. The molecule has 25 heteroatoms. The van der Waals surface area contributed by atoms with Gasteiger partial charge in [-0.15, -0.1) is 10.2 Å². The second kappa shape index (κ2) is 13.9. The monoisotopic (exact) mass is 773 g/mol. The first kappa shape index (κ1) is 36.0. The van der Waals surface area contributed by atoms with Gasteiger partial charge in [-0.25, -0.2) is 8.42 Å². The van der Waals surface area contributed by atoms with Crippen molar-refractivity contribution in [3.63, 3.8) is 0 Å². The number of nitrogens with two attached hydrogens (primary N) is 2. The predicted molar refractivity (Wildman–Crippen MR) is 179 cm³/mol. The standard InChI is InChI=1S/C20H22F3N9O3.C9H8N6O3S/c21-20(22,23)11-14(33)29-6-8-30(9-7-29)16(34)12-3-1-5-31(12)18-26-17(24)32-19(27-18)25-15(28-32)13-4-2-10-35-13;1-19(16,17)9-12-7(10)15-8(13-9)11-6(14-15)5-3-2-4-18-5/h2,4,10,12H,1,3,5-9,11H2,(H2,24,25,26,27,28);2-4H,1H3,(H2,10,11,12,13,14)/t12-;/m0./s1. The van der Waals surface area contributed by atoms with E-state index in [9.17, 15) is 31.2 Å². The molecule has 6 aromatic rings. The van der Waals surface area contributed by atoms with Gasteiger partial charge in [-0.2, -0.15) is 52.1 Å². The maximum Gasteiger partial charge on any atom is 0.397 e. The summed E-state index contributed by atoms with van der Waals surface area (Å²) in [6.07, 6.45) is -0.818. The molecule has 54 heavy (non-hydrogen) atoms. The summed E-state index contributed by atoms with van der Waals surface area (Å²) in [5.41, 5.74) is 11.7. The van der Waals surface area contributed by atoms with E-state index in [1.807, 2.05) is 0 Å². The molecule has 284 valence electrons. The number of sulfone groups is 1. The second-order valence-corrected chi connectivity index (χ2v) is 14.0. The van der Waals surface area contributed by atoms with Crippen LogP contribution in [0, 0.1) is 0 Å². The minimum Gasteiger partial charge on any atom is -0.461 e. The average Bonchev–Trinajstić information content (AvgIpc) is 3.96. The first-order valence-corrected chi connectivity index (χ1v) is 18.0. The average molecular weight is 774 g/mol. The fourth-order valence-electron chi connectivity index (χ4n) is 5.83. The van der Waals surface area contributed by atoms with Crippen LogP contribution in [0.5, 0.6) is 0 Å². The van der Waals surface area contributed by atoms with E-state index in [1.165, 1.54) is 17.0 Å². The van der Waals surface area contributed by atoms with Crippen LogP contribution < -0.4 is 16.4 Å². The van der Waals surface area contributed by atoms with E-state index in [4.69, 9.17) is 20.3 Å². The topological polar surface area (TPSA) is 268 Å². The summed E-state index contributed by atoms with van der Waals surface area (Å²) < 4.78 is 73.3. The highest BCUT2D eigenvalue weighted by Crippen LogP contribution is 2.27. The molecule has 0 aliphatic carbocycles. The number of aromatic nitrogens is 10. The molecular weight excluding hydrogens is 743 g/mol. The first-order valence-electron chi connectivity index (χ1n) is 16.1. The van der Waals surface area contributed by atoms with Crippen LogP contribution in [0.25, 0.3) is 34.7 Å². The minimum absolute atomic E-state index is 0.0410. The van der Waals surface area contributed by atoms with Gasteiger partial charge in [0.15, 0.2) is 11.5 Å². The van der Waals surface area contributed by atoms with Crippen molar-refractivity contribution >= 4 is 51.1 Å². The van der Waals surface area contributed by atoms with Gasteiger partial charge in [0.05, 0.1) is 12.5 Å². The number of nitrogens with zero attached hydrogens (tertiary/aromatic N) is 13. The number of rotatable bonds is 6. The van der Waals surface area contributed by atoms with Crippen molar-refractivity contribution in [2.45, 2.75) is 36.6 Å². The van der Waals surface area contributed by atoms with Crippen LogP contribution in [0.1, 0.15) is 19.3 Å². The number of nitrogen functional groups attached to an aromatic ring is 2. The van der Waals surface area contributed by atoms with E-state index in [1.54, 1.807) is 34.1 Å². The maximum absolute atomic E-state index is 13.3. The van der Waals surface area contributed by atoms with Crippen LogP contribution in [0.15, 0.2) is 50.8 Å². The largest absolute Gasteiger partial charge is 0.461 e. The number of fused-ring (bicyclic) bond motifs is 2. The zero-order chi connectivity index (χ0) is 38.4. The van der Waals surface area contributed by atoms with Crippen molar-refractivity contribution in [3.05, 3.63) is 36.8 Å². The number of carbonyl (C=O) groups excluding carboxylic acids is 2. The number of hydrogen-bond acceptors (Lipinski definition) is 17. The van der Waals surface area contributed by atoms with Crippen molar-refractivity contribution in [3.8, 4) is 23.2 Å². The van der Waals surface area contributed by atoms with Gasteiger partial charge in [-0.3, -0.25) is 9.59 Å². The van der Waals surface area contributed by atoms with Crippen LogP contribution >= 0.6 is 0 Å². The quantitative estimate of drug-likeness (QED) is 0.236. The number of furan rings is 2. The van der Waals surface area contributed by atoms with Crippen LogP contribution in [-0.4, -0.2) is 130 Å². The fourth-order valence-corrected chi connectivity index (χ4v) is 6.33. The summed E-state index contributed by atoms with van der Waals surface area (Å²) in [6, 6.07) is 6.19. The number of alkyl halides is 3. The third kappa shape index (κ3) is 7.42. The van der Waals surface area contributed by atoms with Gasteiger partial charge in [0.2, 0.25) is 51.1 Å². The Hall–Kier alpha value is -6.40. The number of halogens is 3. The Morgan fingerprint density at radius 2 is 1.37 bits per heavy atom.